The Morgan fingerprint density at radius 3 is 2.38 bits per heavy atom. The van der Waals surface area contributed by atoms with Crippen LogP contribution in [0.4, 0.5) is 22.0 Å². The van der Waals surface area contributed by atoms with Gasteiger partial charge in [-0.15, -0.1) is 0 Å². The van der Waals surface area contributed by atoms with Crippen molar-refractivity contribution in [1.29, 1.82) is 0 Å². The van der Waals surface area contributed by atoms with Gasteiger partial charge in [-0.1, -0.05) is 37.5 Å². The summed E-state index contributed by atoms with van der Waals surface area (Å²) in [5.74, 6) is -4.82. The number of alkyl halides is 5. The summed E-state index contributed by atoms with van der Waals surface area (Å²) in [6, 6.07) is 3.85. The van der Waals surface area contributed by atoms with Gasteiger partial charge in [0.1, 0.15) is 0 Å². The number of nitrogens with two attached hydrogens (primary N) is 1. The number of nitrogens with zero attached hydrogens (tertiary/aromatic N) is 1. The van der Waals surface area contributed by atoms with Crippen molar-refractivity contribution in [3.05, 3.63) is 34.9 Å². The Hall–Kier alpha value is -1.21. The van der Waals surface area contributed by atoms with E-state index in [9.17, 15) is 22.0 Å². The first-order valence-electron chi connectivity index (χ1n) is 9.19. The predicted octanol–water partition coefficient (Wildman–Crippen LogP) is 4.75. The summed E-state index contributed by atoms with van der Waals surface area (Å²) in [6.07, 6.45) is 0.942. The summed E-state index contributed by atoms with van der Waals surface area (Å²) >= 11 is 0. The van der Waals surface area contributed by atoms with E-state index in [2.05, 4.69) is 4.90 Å². The third-order valence-corrected chi connectivity index (χ3v) is 5.81. The van der Waals surface area contributed by atoms with Crippen LogP contribution in [0.2, 0.25) is 0 Å². The Morgan fingerprint density at radius 1 is 1.04 bits per heavy atom. The summed E-state index contributed by atoms with van der Waals surface area (Å²) < 4.78 is 65.9. The molecule has 0 bridgehead atoms. The number of halogens is 5. The fourth-order valence-corrected chi connectivity index (χ4v) is 4.19. The van der Waals surface area contributed by atoms with Crippen LogP contribution in [-0.2, 0) is 18.9 Å². The first-order chi connectivity index (χ1) is 12.1. The minimum absolute atomic E-state index is 0.145. The first-order valence-corrected chi connectivity index (χ1v) is 9.19. The average Bonchev–Trinajstić information content (AvgIpc) is 2.59. The van der Waals surface area contributed by atoms with Crippen LogP contribution >= 0.6 is 0 Å². The summed E-state index contributed by atoms with van der Waals surface area (Å²) in [7, 11) is 0. The molecule has 2 nitrogen and oxygen atoms in total. The van der Waals surface area contributed by atoms with Gasteiger partial charge < -0.3 is 5.73 Å². The molecule has 3 rings (SSSR count). The topological polar surface area (TPSA) is 29.3 Å². The van der Waals surface area contributed by atoms with E-state index >= 15 is 0 Å². The molecule has 1 saturated carbocycles. The second-order valence-electron chi connectivity index (χ2n) is 7.71. The monoisotopic (exact) mass is 376 g/mol. The van der Waals surface area contributed by atoms with E-state index in [1.165, 1.54) is 12.5 Å². The normalized spacial score (nSPS) is 21.5. The molecule has 0 amide bonds. The Morgan fingerprint density at radius 2 is 1.73 bits per heavy atom. The highest BCUT2D eigenvalue weighted by atomic mass is 19.4. The zero-order valence-corrected chi connectivity index (χ0v) is 14.7. The smallest absolute Gasteiger partial charge is 0.325 e. The van der Waals surface area contributed by atoms with Crippen LogP contribution in [0, 0.1) is 0 Å². The van der Waals surface area contributed by atoms with Crippen LogP contribution in [-0.4, -0.2) is 29.7 Å². The lowest BCUT2D eigenvalue weighted by Gasteiger charge is -2.37. The third kappa shape index (κ3) is 3.88. The lowest BCUT2D eigenvalue weighted by molar-refractivity contribution is -0.289. The van der Waals surface area contributed by atoms with Gasteiger partial charge in [0.05, 0.1) is 0 Å². The highest BCUT2D eigenvalue weighted by Crippen LogP contribution is 2.46. The van der Waals surface area contributed by atoms with Crippen molar-refractivity contribution in [2.75, 3.05) is 13.1 Å². The number of hydrogen-bond donors (Lipinski definition) is 1. The quantitative estimate of drug-likeness (QED) is 0.769. The molecule has 1 heterocycles. The number of fused-ring (bicyclic) bond motifs is 1. The first kappa shape index (κ1) is 19.5. The molecule has 2 N–H and O–H groups in total. The lowest BCUT2D eigenvalue weighted by Crippen LogP contribution is -2.45. The Bertz CT molecular complexity index is 635. The maximum absolute atomic E-state index is 13.8. The second kappa shape index (κ2) is 7.08. The average molecular weight is 376 g/mol. The summed E-state index contributed by atoms with van der Waals surface area (Å²) in [6.45, 7) is 1.62. The van der Waals surface area contributed by atoms with Gasteiger partial charge in [0.2, 0.25) is 0 Å². The van der Waals surface area contributed by atoms with E-state index in [1.54, 1.807) is 6.07 Å². The standard InChI is InChI=1S/C19H25F5N2/c20-18(21,19(22,23)24)16-6-4-5-14-13-26(11-7-15(14)16)12-10-17(25)8-2-1-3-9-17/h4-6H,1-3,7-13,25H2. The zero-order valence-electron chi connectivity index (χ0n) is 14.7. The molecule has 0 radical (unpaired) electrons. The fourth-order valence-electron chi connectivity index (χ4n) is 4.19. The van der Waals surface area contributed by atoms with Gasteiger partial charge in [0.15, 0.2) is 0 Å². The van der Waals surface area contributed by atoms with Crippen LogP contribution in [0.1, 0.15) is 55.2 Å². The van der Waals surface area contributed by atoms with Gasteiger partial charge in [-0.25, -0.2) is 0 Å². The molecule has 1 aliphatic heterocycles. The van der Waals surface area contributed by atoms with E-state index in [0.717, 1.165) is 44.7 Å². The maximum atomic E-state index is 13.8. The second-order valence-corrected chi connectivity index (χ2v) is 7.71. The fraction of sp³-hybridized carbons (Fsp3) is 0.684. The molecule has 0 saturated heterocycles. The van der Waals surface area contributed by atoms with E-state index < -0.39 is 17.7 Å². The highest BCUT2D eigenvalue weighted by Gasteiger charge is 2.59. The Balaban J connectivity index is 1.71. The van der Waals surface area contributed by atoms with Gasteiger partial charge in [0.25, 0.3) is 0 Å². The molecule has 1 aromatic carbocycles. The number of rotatable bonds is 4. The van der Waals surface area contributed by atoms with Gasteiger partial charge in [-0.05, 0) is 36.8 Å². The van der Waals surface area contributed by atoms with E-state index in [0.29, 0.717) is 18.7 Å². The largest absolute Gasteiger partial charge is 0.458 e. The van der Waals surface area contributed by atoms with Crippen molar-refractivity contribution in [3.8, 4) is 0 Å². The summed E-state index contributed by atoms with van der Waals surface area (Å²) in [5, 5.41) is 0. The van der Waals surface area contributed by atoms with Crippen molar-refractivity contribution >= 4 is 0 Å². The van der Waals surface area contributed by atoms with Crippen LogP contribution in [0.3, 0.4) is 0 Å². The van der Waals surface area contributed by atoms with E-state index in [4.69, 9.17) is 5.73 Å². The van der Waals surface area contributed by atoms with Crippen LogP contribution in [0.25, 0.3) is 0 Å². The van der Waals surface area contributed by atoms with E-state index in [-0.39, 0.29) is 17.5 Å². The molecule has 0 atom stereocenters. The molecule has 146 valence electrons. The Labute approximate surface area is 150 Å². The predicted molar refractivity (Wildman–Crippen MR) is 90.0 cm³/mol. The molecule has 2 aliphatic rings. The molecule has 0 unspecified atom stereocenters. The van der Waals surface area contributed by atoms with Crippen LogP contribution < -0.4 is 5.73 Å². The van der Waals surface area contributed by atoms with Crippen molar-refractivity contribution in [1.82, 2.24) is 4.90 Å². The molecule has 7 heteroatoms. The summed E-state index contributed by atoms with van der Waals surface area (Å²) in [5.41, 5.74) is 6.09. The van der Waals surface area contributed by atoms with E-state index in [1.807, 2.05) is 0 Å². The van der Waals surface area contributed by atoms with Crippen molar-refractivity contribution in [2.24, 2.45) is 5.73 Å². The van der Waals surface area contributed by atoms with Gasteiger partial charge in [0, 0.05) is 30.7 Å². The van der Waals surface area contributed by atoms with Crippen LogP contribution in [0.15, 0.2) is 18.2 Å². The van der Waals surface area contributed by atoms with Crippen molar-refractivity contribution < 1.29 is 22.0 Å². The summed E-state index contributed by atoms with van der Waals surface area (Å²) in [4.78, 5) is 2.11. The molecule has 1 aliphatic carbocycles. The van der Waals surface area contributed by atoms with Gasteiger partial charge in [-0.2, -0.15) is 22.0 Å². The zero-order chi connectivity index (χ0) is 19.0. The molecular weight excluding hydrogens is 351 g/mol. The molecule has 0 spiro atoms. The van der Waals surface area contributed by atoms with Gasteiger partial charge >= 0.3 is 12.1 Å². The minimum Gasteiger partial charge on any atom is -0.325 e. The Kier molecular flexibility index (Phi) is 5.32. The molecule has 26 heavy (non-hydrogen) atoms. The van der Waals surface area contributed by atoms with Crippen LogP contribution in [0.5, 0.6) is 0 Å². The third-order valence-electron chi connectivity index (χ3n) is 5.81. The lowest BCUT2D eigenvalue weighted by atomic mass is 9.80. The minimum atomic E-state index is -5.58. The SMILES string of the molecule is NC1(CCN2CCc3c(cccc3C(F)(F)C(F)(F)F)C2)CCCCC1. The van der Waals surface area contributed by atoms with Crippen molar-refractivity contribution in [2.45, 2.75) is 69.1 Å². The van der Waals surface area contributed by atoms with Crippen molar-refractivity contribution in [3.63, 3.8) is 0 Å². The molecular formula is C19H25F5N2. The molecule has 1 aromatic rings. The molecule has 1 fully saturated rings. The highest BCUT2D eigenvalue weighted by molar-refractivity contribution is 5.40. The van der Waals surface area contributed by atoms with Gasteiger partial charge in [-0.3, -0.25) is 4.90 Å². The number of hydrogen-bond acceptors (Lipinski definition) is 2. The number of benzene rings is 1. The molecule has 0 aromatic heterocycles. The maximum Gasteiger partial charge on any atom is 0.458 e.